The molecule has 0 aliphatic heterocycles. The SMILES string of the molecule is COC(=O)CN(C)C(=O)c1cc(C#CCCO)ccc1C. The van der Waals surface area contributed by atoms with E-state index in [1.54, 1.807) is 13.1 Å². The minimum atomic E-state index is -0.470. The molecule has 0 spiro atoms. The highest BCUT2D eigenvalue weighted by Crippen LogP contribution is 2.13. The Morgan fingerprint density at radius 3 is 2.71 bits per heavy atom. The van der Waals surface area contributed by atoms with E-state index >= 15 is 0 Å². The Kier molecular flexibility index (Phi) is 6.44. The predicted octanol–water partition coefficient (Wildman–Crippen LogP) is 0.974. The number of nitrogens with zero attached hydrogens (tertiary/aromatic N) is 1. The fourth-order valence-corrected chi connectivity index (χ4v) is 1.69. The number of methoxy groups -OCH3 is 1. The Morgan fingerprint density at radius 2 is 2.10 bits per heavy atom. The number of carbonyl (C=O) groups excluding carboxylic acids is 2. The van der Waals surface area contributed by atoms with Gasteiger partial charge in [-0.1, -0.05) is 17.9 Å². The molecule has 0 atom stereocenters. The monoisotopic (exact) mass is 289 g/mol. The third-order valence-electron chi connectivity index (χ3n) is 2.88. The maximum atomic E-state index is 12.3. The number of amides is 1. The van der Waals surface area contributed by atoms with E-state index in [1.807, 2.05) is 19.1 Å². The molecule has 1 rings (SSSR count). The first kappa shape index (κ1) is 16.7. The topological polar surface area (TPSA) is 66.8 Å². The molecular formula is C16H19NO4. The third-order valence-corrected chi connectivity index (χ3v) is 2.88. The summed E-state index contributed by atoms with van der Waals surface area (Å²) in [5.41, 5.74) is 2.01. The average molecular weight is 289 g/mol. The summed E-state index contributed by atoms with van der Waals surface area (Å²) in [6.45, 7) is 1.73. The zero-order chi connectivity index (χ0) is 15.8. The Bertz CT molecular complexity index is 584. The molecule has 0 bridgehead atoms. The molecule has 1 N–H and O–H groups in total. The fraction of sp³-hybridized carbons (Fsp3) is 0.375. The highest BCUT2D eigenvalue weighted by atomic mass is 16.5. The van der Waals surface area contributed by atoms with Crippen LogP contribution < -0.4 is 0 Å². The van der Waals surface area contributed by atoms with Crippen LogP contribution in [0, 0.1) is 18.8 Å². The summed E-state index contributed by atoms with van der Waals surface area (Å²) in [6, 6.07) is 5.31. The summed E-state index contributed by atoms with van der Waals surface area (Å²) in [5.74, 6) is 4.96. The Labute approximate surface area is 124 Å². The summed E-state index contributed by atoms with van der Waals surface area (Å²) in [4.78, 5) is 24.9. The van der Waals surface area contributed by atoms with Gasteiger partial charge >= 0.3 is 5.97 Å². The maximum Gasteiger partial charge on any atom is 0.325 e. The minimum Gasteiger partial charge on any atom is -0.468 e. The molecule has 0 aromatic heterocycles. The number of hydrogen-bond acceptors (Lipinski definition) is 4. The molecule has 5 heteroatoms. The zero-order valence-electron chi connectivity index (χ0n) is 12.5. The van der Waals surface area contributed by atoms with Crippen LogP contribution in [-0.2, 0) is 9.53 Å². The van der Waals surface area contributed by atoms with Crippen LogP contribution >= 0.6 is 0 Å². The van der Waals surface area contributed by atoms with Crippen molar-refractivity contribution in [3.63, 3.8) is 0 Å². The molecule has 0 saturated carbocycles. The van der Waals surface area contributed by atoms with Crippen LogP contribution in [0.15, 0.2) is 18.2 Å². The number of benzene rings is 1. The van der Waals surface area contributed by atoms with Gasteiger partial charge in [-0.3, -0.25) is 9.59 Å². The second-order valence-electron chi connectivity index (χ2n) is 4.54. The molecule has 0 unspecified atom stereocenters. The highest BCUT2D eigenvalue weighted by Gasteiger charge is 2.17. The average Bonchev–Trinajstić information content (AvgIpc) is 2.48. The number of likely N-dealkylation sites (N-methyl/N-ethyl adjacent to an activating group) is 1. The number of carbonyl (C=O) groups is 2. The summed E-state index contributed by atoms with van der Waals surface area (Å²) in [7, 11) is 2.83. The number of esters is 1. The molecule has 0 saturated heterocycles. The smallest absolute Gasteiger partial charge is 0.325 e. The first-order valence-electron chi connectivity index (χ1n) is 6.52. The van der Waals surface area contributed by atoms with E-state index in [-0.39, 0.29) is 19.1 Å². The quantitative estimate of drug-likeness (QED) is 0.662. The molecule has 1 amide bonds. The minimum absolute atomic E-state index is 0.00646. The van der Waals surface area contributed by atoms with Crippen LogP contribution in [0.5, 0.6) is 0 Å². The fourth-order valence-electron chi connectivity index (χ4n) is 1.69. The van der Waals surface area contributed by atoms with Crippen LogP contribution in [0.1, 0.15) is 27.9 Å². The van der Waals surface area contributed by atoms with E-state index in [0.29, 0.717) is 17.5 Å². The van der Waals surface area contributed by atoms with Crippen molar-refractivity contribution >= 4 is 11.9 Å². The Balaban J connectivity index is 2.96. The van der Waals surface area contributed by atoms with Gasteiger partial charge in [0.15, 0.2) is 0 Å². The lowest BCUT2D eigenvalue weighted by atomic mass is 10.0. The van der Waals surface area contributed by atoms with Crippen LogP contribution in [0.2, 0.25) is 0 Å². The van der Waals surface area contributed by atoms with Gasteiger partial charge in [-0.25, -0.2) is 0 Å². The Hall–Kier alpha value is -2.32. The van der Waals surface area contributed by atoms with Crippen molar-refractivity contribution in [3.05, 3.63) is 34.9 Å². The molecule has 0 aliphatic rings. The van der Waals surface area contributed by atoms with E-state index in [2.05, 4.69) is 16.6 Å². The van der Waals surface area contributed by atoms with Gasteiger partial charge in [-0.2, -0.15) is 0 Å². The van der Waals surface area contributed by atoms with E-state index in [1.165, 1.54) is 12.0 Å². The molecule has 112 valence electrons. The van der Waals surface area contributed by atoms with Gasteiger partial charge in [0.2, 0.25) is 0 Å². The van der Waals surface area contributed by atoms with Gasteiger partial charge < -0.3 is 14.7 Å². The van der Waals surface area contributed by atoms with Crippen molar-refractivity contribution in [1.82, 2.24) is 4.90 Å². The molecular weight excluding hydrogens is 270 g/mol. The standard InChI is InChI=1S/C16H19NO4/c1-12-7-8-13(6-4-5-9-18)10-14(12)16(20)17(2)11-15(19)21-3/h7-8,10,18H,5,9,11H2,1-3H3. The highest BCUT2D eigenvalue weighted by molar-refractivity contribution is 5.97. The molecule has 21 heavy (non-hydrogen) atoms. The third kappa shape index (κ3) is 4.93. The molecule has 0 aliphatic carbocycles. The molecule has 0 radical (unpaired) electrons. The summed E-state index contributed by atoms with van der Waals surface area (Å²) < 4.78 is 4.55. The zero-order valence-corrected chi connectivity index (χ0v) is 12.5. The molecule has 1 aromatic carbocycles. The van der Waals surface area contributed by atoms with Crippen molar-refractivity contribution in [1.29, 1.82) is 0 Å². The first-order valence-corrected chi connectivity index (χ1v) is 6.52. The van der Waals surface area contributed by atoms with Gasteiger partial charge in [-0.05, 0) is 24.6 Å². The van der Waals surface area contributed by atoms with E-state index in [4.69, 9.17) is 5.11 Å². The number of hydrogen-bond donors (Lipinski definition) is 1. The van der Waals surface area contributed by atoms with Crippen molar-refractivity contribution in [3.8, 4) is 11.8 Å². The molecule has 5 nitrogen and oxygen atoms in total. The maximum absolute atomic E-state index is 12.3. The van der Waals surface area contributed by atoms with Gasteiger partial charge in [0.25, 0.3) is 5.91 Å². The largest absolute Gasteiger partial charge is 0.468 e. The van der Waals surface area contributed by atoms with Crippen LogP contribution in [0.25, 0.3) is 0 Å². The van der Waals surface area contributed by atoms with Gasteiger partial charge in [0.1, 0.15) is 6.54 Å². The molecule has 1 aromatic rings. The number of aliphatic hydroxyl groups is 1. The molecule has 0 heterocycles. The second-order valence-corrected chi connectivity index (χ2v) is 4.54. The van der Waals surface area contributed by atoms with Crippen LogP contribution in [-0.4, -0.2) is 49.2 Å². The van der Waals surface area contributed by atoms with Gasteiger partial charge in [0.05, 0.1) is 13.7 Å². The summed E-state index contributed by atoms with van der Waals surface area (Å²) in [6.07, 6.45) is 0.388. The van der Waals surface area contributed by atoms with Crippen molar-refractivity contribution in [2.45, 2.75) is 13.3 Å². The van der Waals surface area contributed by atoms with Gasteiger partial charge in [0, 0.05) is 24.6 Å². The first-order chi connectivity index (χ1) is 9.99. The van der Waals surface area contributed by atoms with E-state index in [9.17, 15) is 9.59 Å². The Morgan fingerprint density at radius 1 is 1.38 bits per heavy atom. The number of ether oxygens (including phenoxy) is 1. The number of rotatable bonds is 4. The van der Waals surface area contributed by atoms with Crippen molar-refractivity contribution < 1.29 is 19.4 Å². The van der Waals surface area contributed by atoms with Gasteiger partial charge in [-0.15, -0.1) is 0 Å². The normalized spacial score (nSPS) is 9.52. The van der Waals surface area contributed by atoms with Crippen molar-refractivity contribution in [2.24, 2.45) is 0 Å². The van der Waals surface area contributed by atoms with E-state index in [0.717, 1.165) is 5.56 Å². The van der Waals surface area contributed by atoms with Crippen LogP contribution in [0.4, 0.5) is 0 Å². The molecule has 0 fully saturated rings. The summed E-state index contributed by atoms with van der Waals surface area (Å²) in [5, 5.41) is 8.70. The lowest BCUT2D eigenvalue weighted by Gasteiger charge is -2.17. The van der Waals surface area contributed by atoms with E-state index < -0.39 is 5.97 Å². The van der Waals surface area contributed by atoms with Crippen LogP contribution in [0.3, 0.4) is 0 Å². The number of aryl methyl sites for hydroxylation is 1. The lowest BCUT2D eigenvalue weighted by Crippen LogP contribution is -2.33. The summed E-state index contributed by atoms with van der Waals surface area (Å²) >= 11 is 0. The number of aliphatic hydroxyl groups excluding tert-OH is 1. The predicted molar refractivity (Wildman–Crippen MR) is 78.7 cm³/mol. The lowest BCUT2D eigenvalue weighted by molar-refractivity contribution is -0.141. The van der Waals surface area contributed by atoms with Crippen molar-refractivity contribution in [2.75, 3.05) is 27.3 Å². The second kappa shape index (κ2) is 8.08.